The van der Waals surface area contributed by atoms with Crippen molar-refractivity contribution in [3.8, 4) is 34.3 Å². The van der Waals surface area contributed by atoms with E-state index in [4.69, 9.17) is 25.4 Å². The Balaban J connectivity index is 1.10. The zero-order chi connectivity index (χ0) is 42.9. The van der Waals surface area contributed by atoms with Crippen LogP contribution in [0.1, 0.15) is 23.1 Å². The fraction of sp³-hybridized carbons (Fsp3) is 0.356. The van der Waals surface area contributed by atoms with Crippen molar-refractivity contribution in [2.75, 3.05) is 13.6 Å². The standard InChI is InChI=1S/C45H44N4O12/c1-48-35-23-9-8-22-26-16-44(11-10-20(23)26)27-5-3-2-4-18(27)12-25(34(44)32(22)35)24-13-19(50)6-7-21(24)29-14-28(51)33-30(59-29)15-31(36(52)37(33)53)60-42-40(55)45(58,17-49-43(46)47)39(54)38(61-42)41(56)57/h2-15,20,22-23,26,32,34-35,38-40,42,48,50,52-55,58H,16-17H2,1H3,(H,56,57)(H4,46,47,49). The number of phenols is 3. The van der Waals surface area contributed by atoms with E-state index in [1.165, 1.54) is 17.7 Å². The lowest BCUT2D eigenvalue weighted by molar-refractivity contribution is -0.303. The highest BCUT2D eigenvalue weighted by atomic mass is 16.7. The van der Waals surface area contributed by atoms with Crippen LogP contribution in [0.15, 0.2) is 93.1 Å². The Kier molecular flexibility index (Phi) is 8.74. The van der Waals surface area contributed by atoms with Crippen LogP contribution in [0.2, 0.25) is 0 Å². The van der Waals surface area contributed by atoms with Crippen molar-refractivity contribution in [3.63, 3.8) is 0 Å². The molecule has 2 saturated carbocycles. The molecule has 6 aliphatic carbocycles. The molecule has 0 radical (unpaired) electrons. The Morgan fingerprint density at radius 2 is 1.74 bits per heavy atom. The normalized spacial score (nSPS) is 35.0. The van der Waals surface area contributed by atoms with E-state index < -0.39 is 76.7 Å². The Morgan fingerprint density at radius 3 is 2.49 bits per heavy atom. The number of carbonyl (C=O) groups is 1. The van der Waals surface area contributed by atoms with Crippen LogP contribution in [0.25, 0.3) is 33.9 Å². The van der Waals surface area contributed by atoms with E-state index in [0.29, 0.717) is 34.8 Å². The van der Waals surface area contributed by atoms with Crippen molar-refractivity contribution >= 4 is 34.5 Å². The molecule has 61 heavy (non-hydrogen) atoms. The lowest BCUT2D eigenvalue weighted by atomic mass is 9.38. The zero-order valence-electron chi connectivity index (χ0n) is 32.6. The van der Waals surface area contributed by atoms with Crippen LogP contribution in [-0.2, 0) is 14.9 Å². The quantitative estimate of drug-likeness (QED) is 0.0527. The number of carboxylic acids is 1. The third-order valence-corrected chi connectivity index (χ3v) is 14.2. The van der Waals surface area contributed by atoms with Gasteiger partial charge in [-0.1, -0.05) is 54.6 Å². The monoisotopic (exact) mass is 832 g/mol. The van der Waals surface area contributed by atoms with Gasteiger partial charge in [-0.3, -0.25) is 9.79 Å². The minimum atomic E-state index is -2.73. The van der Waals surface area contributed by atoms with Crippen LogP contribution in [0, 0.1) is 35.5 Å². The number of nitrogens with zero attached hydrogens (tertiary/aromatic N) is 1. The van der Waals surface area contributed by atoms with Gasteiger partial charge >= 0.3 is 5.97 Å². The molecule has 1 saturated heterocycles. The topological polar surface area (TPSA) is 284 Å². The predicted molar refractivity (Wildman–Crippen MR) is 220 cm³/mol. The number of ether oxygens (including phenoxy) is 2. The summed E-state index contributed by atoms with van der Waals surface area (Å²) in [6.07, 6.45) is 3.94. The highest BCUT2D eigenvalue weighted by Gasteiger charge is 2.65. The second kappa shape index (κ2) is 13.7. The highest BCUT2D eigenvalue weighted by molar-refractivity contribution is 5.95. The first-order valence-corrected chi connectivity index (χ1v) is 20.1. The molecule has 1 aromatic heterocycles. The van der Waals surface area contributed by atoms with Gasteiger partial charge in [-0.05, 0) is 83.5 Å². The van der Waals surface area contributed by atoms with Gasteiger partial charge in [0.15, 0.2) is 29.0 Å². The molecular weight excluding hydrogens is 789 g/mol. The number of fused-ring (bicyclic) bond motifs is 2. The summed E-state index contributed by atoms with van der Waals surface area (Å²) >= 11 is 0. The number of hydrogen-bond acceptors (Lipinski definition) is 13. The maximum atomic E-state index is 13.9. The van der Waals surface area contributed by atoms with Gasteiger partial charge in [0.1, 0.15) is 40.3 Å². The van der Waals surface area contributed by atoms with Gasteiger partial charge in [0.25, 0.3) is 0 Å². The number of aliphatic carboxylic acids is 1. The summed E-state index contributed by atoms with van der Waals surface area (Å²) in [7, 11) is 2.02. The molecule has 13 atom stereocenters. The Bertz CT molecular complexity index is 2710. The molecule has 316 valence electrons. The number of aliphatic imine (C=N–C) groups is 1. The lowest BCUT2D eigenvalue weighted by Gasteiger charge is -2.67. The van der Waals surface area contributed by atoms with Gasteiger partial charge in [0.2, 0.25) is 12.0 Å². The number of aliphatic hydroxyl groups is 3. The molecular formula is C45H44N4O12. The first-order valence-electron chi connectivity index (χ1n) is 20.1. The molecule has 3 aromatic carbocycles. The molecule has 13 unspecified atom stereocenters. The van der Waals surface area contributed by atoms with Crippen molar-refractivity contribution in [2.24, 2.45) is 52.0 Å². The van der Waals surface area contributed by atoms with E-state index in [1.54, 1.807) is 12.1 Å². The molecule has 12 N–H and O–H groups in total. The predicted octanol–water partition coefficient (Wildman–Crippen LogP) is 2.13. The smallest absolute Gasteiger partial charge is 0.335 e. The van der Waals surface area contributed by atoms with Crippen molar-refractivity contribution < 1.29 is 54.4 Å². The average molecular weight is 833 g/mol. The first kappa shape index (κ1) is 39.0. The first-order chi connectivity index (χ1) is 29.2. The summed E-state index contributed by atoms with van der Waals surface area (Å²) in [6.45, 7) is -0.873. The molecule has 3 fully saturated rings. The van der Waals surface area contributed by atoms with E-state index in [-0.39, 0.29) is 40.4 Å². The average Bonchev–Trinajstić information content (AvgIpc) is 3.24. The van der Waals surface area contributed by atoms with E-state index in [2.05, 4.69) is 58.9 Å². The van der Waals surface area contributed by atoms with Crippen LogP contribution in [0.3, 0.4) is 0 Å². The Morgan fingerprint density at radius 1 is 0.967 bits per heavy atom. The fourth-order valence-electron chi connectivity index (χ4n) is 11.7. The number of nitrogens with two attached hydrogens (primary N) is 2. The van der Waals surface area contributed by atoms with Crippen LogP contribution >= 0.6 is 0 Å². The van der Waals surface area contributed by atoms with E-state index >= 15 is 0 Å². The summed E-state index contributed by atoms with van der Waals surface area (Å²) in [5, 5.41) is 79.6. The minimum absolute atomic E-state index is 0.00673. The van der Waals surface area contributed by atoms with Crippen LogP contribution in [0.4, 0.5) is 0 Å². The van der Waals surface area contributed by atoms with E-state index in [9.17, 15) is 45.3 Å². The molecule has 1 spiro atoms. The Labute approximate surface area is 347 Å². The fourth-order valence-corrected chi connectivity index (χ4v) is 11.7. The van der Waals surface area contributed by atoms with Gasteiger partial charge < -0.3 is 66.4 Å². The zero-order valence-corrected chi connectivity index (χ0v) is 32.6. The number of carboxylic acid groups (broad SMARTS) is 1. The summed E-state index contributed by atoms with van der Waals surface area (Å²) < 4.78 is 17.4. The third-order valence-electron chi connectivity index (χ3n) is 14.2. The number of aliphatic hydroxyl groups excluding tert-OH is 2. The molecule has 2 heterocycles. The minimum Gasteiger partial charge on any atom is -0.508 e. The van der Waals surface area contributed by atoms with Gasteiger partial charge in [-0.15, -0.1) is 0 Å². The number of benzene rings is 3. The number of aromatic hydroxyl groups is 3. The second-order valence-corrected chi connectivity index (χ2v) is 17.1. The van der Waals surface area contributed by atoms with E-state index in [0.717, 1.165) is 23.6 Å². The Hall–Kier alpha value is -6.17. The van der Waals surface area contributed by atoms with Crippen LogP contribution in [0.5, 0.6) is 23.0 Å². The van der Waals surface area contributed by atoms with E-state index in [1.807, 2.05) is 13.1 Å². The van der Waals surface area contributed by atoms with Crippen molar-refractivity contribution in [3.05, 3.63) is 106 Å². The van der Waals surface area contributed by atoms with Crippen molar-refractivity contribution in [2.45, 2.75) is 48.1 Å². The molecule has 16 heteroatoms. The maximum absolute atomic E-state index is 13.9. The maximum Gasteiger partial charge on any atom is 0.335 e. The van der Waals surface area contributed by atoms with Gasteiger partial charge in [0.05, 0.1) is 6.54 Å². The third kappa shape index (κ3) is 5.52. The van der Waals surface area contributed by atoms with Crippen molar-refractivity contribution in [1.29, 1.82) is 0 Å². The molecule has 4 aromatic rings. The van der Waals surface area contributed by atoms with Gasteiger partial charge in [-0.2, -0.15) is 0 Å². The lowest BCUT2D eigenvalue weighted by Crippen LogP contribution is -2.70. The summed E-state index contributed by atoms with van der Waals surface area (Å²) in [5.74, 6) is -3.18. The van der Waals surface area contributed by atoms with Crippen LogP contribution in [-0.4, -0.2) is 97.5 Å². The molecule has 11 rings (SSSR count). The number of rotatable bonds is 8. The molecule has 5 bridgehead atoms. The number of phenolic OH excluding ortho intramolecular Hbond substituents is 3. The molecule has 1 aliphatic heterocycles. The highest BCUT2D eigenvalue weighted by Crippen LogP contribution is 2.69. The summed E-state index contributed by atoms with van der Waals surface area (Å²) in [4.78, 5) is 29.6. The van der Waals surface area contributed by atoms with Gasteiger partial charge in [0, 0.05) is 35.1 Å². The molecule has 7 aliphatic rings. The molecule has 16 nitrogen and oxygen atoms in total. The number of nitrogens with one attached hydrogen (secondary N) is 1. The molecule has 0 amide bonds. The second-order valence-electron chi connectivity index (χ2n) is 17.1. The van der Waals surface area contributed by atoms with Crippen LogP contribution < -0.4 is 26.9 Å². The summed E-state index contributed by atoms with van der Waals surface area (Å²) in [6, 6.07) is 15.6. The summed E-state index contributed by atoms with van der Waals surface area (Å²) in [5.41, 5.74) is 11.0. The largest absolute Gasteiger partial charge is 0.508 e. The van der Waals surface area contributed by atoms with Gasteiger partial charge in [-0.25, -0.2) is 4.79 Å². The number of guanidine groups is 1. The number of hydrogen-bond donors (Lipinski definition) is 10. The van der Waals surface area contributed by atoms with Crippen molar-refractivity contribution in [1.82, 2.24) is 5.32 Å². The SMILES string of the molecule is CNC1C2C=CC3C4CC5(C=CC24)c2ccccc2C=C(c2cc(O)ccc2-c2cc(=O)c4c(O)c(O)c(OC6OC(C(=O)O)C(O)C(O)(CN=C(N)N)C6O)cc4o2)C5C31. The number of allylic oxidation sites excluding steroid dienone is 4.